The second kappa shape index (κ2) is 5.58. The summed E-state index contributed by atoms with van der Waals surface area (Å²) in [7, 11) is 0. The fourth-order valence-corrected chi connectivity index (χ4v) is 3.23. The van der Waals surface area contributed by atoms with Crippen molar-refractivity contribution in [3.05, 3.63) is 54.1 Å². The molecule has 3 rings (SSSR count). The van der Waals surface area contributed by atoms with Gasteiger partial charge in [-0.05, 0) is 54.3 Å². The van der Waals surface area contributed by atoms with Gasteiger partial charge < -0.3 is 9.84 Å². The number of benzene rings is 2. The Hall–Kier alpha value is -2.33. The van der Waals surface area contributed by atoms with E-state index in [1.54, 1.807) is 36.5 Å². The van der Waals surface area contributed by atoms with Crippen LogP contribution in [0, 0.1) is 0 Å². The van der Waals surface area contributed by atoms with Gasteiger partial charge in [-0.25, -0.2) is 4.79 Å². The zero-order valence-electron chi connectivity index (χ0n) is 11.5. The molecule has 0 bridgehead atoms. The third-order valence-corrected chi connectivity index (χ3v) is 4.32. The molecule has 2 aromatic carbocycles. The van der Waals surface area contributed by atoms with Crippen molar-refractivity contribution in [2.75, 3.05) is 6.61 Å². The molecule has 3 aromatic rings. The van der Waals surface area contributed by atoms with E-state index in [2.05, 4.69) is 0 Å². The maximum absolute atomic E-state index is 11.8. The van der Waals surface area contributed by atoms with Crippen molar-refractivity contribution in [2.24, 2.45) is 0 Å². The van der Waals surface area contributed by atoms with Crippen LogP contribution in [0.4, 0.5) is 0 Å². The summed E-state index contributed by atoms with van der Waals surface area (Å²) >= 11 is 1.63. The van der Waals surface area contributed by atoms with E-state index in [4.69, 9.17) is 4.74 Å². The summed E-state index contributed by atoms with van der Waals surface area (Å²) < 4.78 is 6.13. The summed E-state index contributed by atoms with van der Waals surface area (Å²) in [6, 6.07) is 14.7. The average molecular weight is 298 g/mol. The molecule has 21 heavy (non-hydrogen) atoms. The van der Waals surface area contributed by atoms with Gasteiger partial charge in [0.15, 0.2) is 0 Å². The maximum atomic E-state index is 11.8. The summed E-state index contributed by atoms with van der Waals surface area (Å²) in [4.78, 5) is 12.9. The first-order valence-corrected chi connectivity index (χ1v) is 7.49. The summed E-state index contributed by atoms with van der Waals surface area (Å²) in [5.74, 6) is -0.0507. The Bertz CT molecular complexity index is 805. The number of phenolic OH excluding ortho intramolecular Hbond substituents is 1. The number of carbonyl (C=O) groups excluding carboxylic acids is 1. The van der Waals surface area contributed by atoms with E-state index in [0.29, 0.717) is 12.2 Å². The van der Waals surface area contributed by atoms with Crippen molar-refractivity contribution >= 4 is 27.4 Å². The molecule has 1 aromatic heterocycles. The van der Waals surface area contributed by atoms with Gasteiger partial charge in [0.25, 0.3) is 0 Å². The van der Waals surface area contributed by atoms with Crippen LogP contribution in [-0.2, 0) is 4.74 Å². The van der Waals surface area contributed by atoms with Crippen LogP contribution in [0.5, 0.6) is 5.75 Å². The number of aromatic hydroxyl groups is 1. The Morgan fingerprint density at radius 3 is 2.86 bits per heavy atom. The van der Waals surface area contributed by atoms with Crippen LogP contribution in [0.1, 0.15) is 17.3 Å². The molecule has 0 aliphatic heterocycles. The molecule has 0 fully saturated rings. The first-order valence-electron chi connectivity index (χ1n) is 6.67. The topological polar surface area (TPSA) is 46.5 Å². The predicted molar refractivity (Wildman–Crippen MR) is 84.9 cm³/mol. The molecule has 0 aliphatic carbocycles. The molecule has 0 unspecified atom stereocenters. The fourth-order valence-electron chi connectivity index (χ4n) is 2.19. The number of hydrogen-bond acceptors (Lipinski definition) is 4. The molecule has 0 aliphatic rings. The molecule has 0 amide bonds. The van der Waals surface area contributed by atoms with Gasteiger partial charge in [0.1, 0.15) is 5.75 Å². The lowest BCUT2D eigenvalue weighted by atomic mass is 10.1. The smallest absolute Gasteiger partial charge is 0.338 e. The Morgan fingerprint density at radius 2 is 2.05 bits per heavy atom. The van der Waals surface area contributed by atoms with Gasteiger partial charge >= 0.3 is 5.97 Å². The summed E-state index contributed by atoms with van der Waals surface area (Å²) in [6.45, 7) is 2.16. The minimum atomic E-state index is -0.307. The van der Waals surface area contributed by atoms with Crippen LogP contribution in [-0.4, -0.2) is 17.7 Å². The molecule has 3 nitrogen and oxygen atoms in total. The first-order chi connectivity index (χ1) is 10.2. The number of rotatable bonds is 3. The third kappa shape index (κ3) is 2.76. The van der Waals surface area contributed by atoms with E-state index in [0.717, 1.165) is 20.5 Å². The average Bonchev–Trinajstić information content (AvgIpc) is 2.90. The van der Waals surface area contributed by atoms with E-state index in [1.807, 2.05) is 30.3 Å². The monoisotopic (exact) mass is 298 g/mol. The van der Waals surface area contributed by atoms with Crippen molar-refractivity contribution < 1.29 is 14.6 Å². The molecule has 1 heterocycles. The molecule has 1 N–H and O–H groups in total. The van der Waals surface area contributed by atoms with E-state index in [-0.39, 0.29) is 11.7 Å². The number of thiophene rings is 1. The van der Waals surface area contributed by atoms with E-state index in [1.165, 1.54) is 0 Å². The highest BCUT2D eigenvalue weighted by atomic mass is 32.1. The Kier molecular flexibility index (Phi) is 3.62. The molecule has 0 radical (unpaired) electrons. The molecular weight excluding hydrogens is 284 g/mol. The van der Waals surface area contributed by atoms with E-state index >= 15 is 0 Å². The van der Waals surface area contributed by atoms with Gasteiger partial charge in [0.2, 0.25) is 0 Å². The van der Waals surface area contributed by atoms with Gasteiger partial charge in [0, 0.05) is 9.58 Å². The van der Waals surface area contributed by atoms with Crippen LogP contribution >= 0.6 is 11.3 Å². The number of fused-ring (bicyclic) bond motifs is 1. The minimum absolute atomic E-state index is 0.257. The summed E-state index contributed by atoms with van der Waals surface area (Å²) in [5, 5.41) is 10.5. The van der Waals surface area contributed by atoms with Gasteiger partial charge in [-0.2, -0.15) is 0 Å². The zero-order valence-corrected chi connectivity index (χ0v) is 12.3. The van der Waals surface area contributed by atoms with Gasteiger partial charge in [-0.3, -0.25) is 0 Å². The number of ether oxygens (including phenoxy) is 1. The second-order valence-corrected chi connectivity index (χ2v) is 5.72. The highest BCUT2D eigenvalue weighted by molar-refractivity contribution is 7.22. The molecule has 106 valence electrons. The first kappa shape index (κ1) is 13.6. The van der Waals surface area contributed by atoms with Gasteiger partial charge in [-0.1, -0.05) is 12.1 Å². The van der Waals surface area contributed by atoms with Crippen molar-refractivity contribution in [3.63, 3.8) is 0 Å². The standard InChI is InChI=1S/C17H14O3S/c1-2-20-17(19)12-5-3-4-11(8-12)16-10-13-9-14(18)6-7-15(13)21-16/h3-10,18H,2H2,1H3. The maximum Gasteiger partial charge on any atom is 0.338 e. The third-order valence-electron chi connectivity index (χ3n) is 3.16. The SMILES string of the molecule is CCOC(=O)c1cccc(-c2cc3cc(O)ccc3s2)c1. The van der Waals surface area contributed by atoms with Crippen LogP contribution in [0.15, 0.2) is 48.5 Å². The second-order valence-electron chi connectivity index (χ2n) is 4.63. The normalized spacial score (nSPS) is 10.7. The molecule has 0 atom stereocenters. The Labute approximate surface area is 126 Å². The van der Waals surface area contributed by atoms with E-state index in [9.17, 15) is 9.90 Å². The lowest BCUT2D eigenvalue weighted by Crippen LogP contribution is -2.04. The lowest BCUT2D eigenvalue weighted by Gasteiger charge is -2.03. The fraction of sp³-hybridized carbons (Fsp3) is 0.118. The lowest BCUT2D eigenvalue weighted by molar-refractivity contribution is 0.0526. The molecule has 4 heteroatoms. The predicted octanol–water partition coefficient (Wildman–Crippen LogP) is 4.45. The van der Waals surface area contributed by atoms with Crippen LogP contribution in [0.3, 0.4) is 0 Å². The number of esters is 1. The zero-order chi connectivity index (χ0) is 14.8. The van der Waals surface area contributed by atoms with Crippen molar-refractivity contribution in [1.82, 2.24) is 0 Å². The summed E-state index contributed by atoms with van der Waals surface area (Å²) in [6.07, 6.45) is 0. The van der Waals surface area contributed by atoms with Crippen molar-refractivity contribution in [1.29, 1.82) is 0 Å². The highest BCUT2D eigenvalue weighted by Gasteiger charge is 2.10. The van der Waals surface area contributed by atoms with Crippen molar-refractivity contribution in [2.45, 2.75) is 6.92 Å². The van der Waals surface area contributed by atoms with Gasteiger partial charge in [0.05, 0.1) is 12.2 Å². The largest absolute Gasteiger partial charge is 0.508 e. The van der Waals surface area contributed by atoms with Crippen LogP contribution in [0.25, 0.3) is 20.5 Å². The highest BCUT2D eigenvalue weighted by Crippen LogP contribution is 2.35. The van der Waals surface area contributed by atoms with Crippen LogP contribution < -0.4 is 0 Å². The number of hydrogen-bond donors (Lipinski definition) is 1. The number of carbonyl (C=O) groups is 1. The Morgan fingerprint density at radius 1 is 1.19 bits per heavy atom. The quantitative estimate of drug-likeness (QED) is 0.727. The minimum Gasteiger partial charge on any atom is -0.508 e. The number of phenols is 1. The van der Waals surface area contributed by atoms with E-state index < -0.39 is 0 Å². The summed E-state index contributed by atoms with van der Waals surface area (Å²) in [5.41, 5.74) is 1.52. The molecular formula is C17H14O3S. The molecule has 0 saturated carbocycles. The molecule has 0 spiro atoms. The Balaban J connectivity index is 2.02. The van der Waals surface area contributed by atoms with Crippen molar-refractivity contribution in [3.8, 4) is 16.2 Å². The van der Waals surface area contributed by atoms with Crippen LogP contribution in [0.2, 0.25) is 0 Å². The van der Waals surface area contributed by atoms with Gasteiger partial charge in [-0.15, -0.1) is 11.3 Å². The molecule has 0 saturated heterocycles.